The van der Waals surface area contributed by atoms with Crippen LogP contribution < -0.4 is 9.80 Å². The molecule has 0 unspecified atom stereocenters. The van der Waals surface area contributed by atoms with E-state index in [-0.39, 0.29) is 16.2 Å². The fraction of sp³-hybridized carbons (Fsp3) is 0.220. The molecule has 8 aromatic rings. The summed E-state index contributed by atoms with van der Waals surface area (Å²) in [5.41, 5.74) is 15.4. The molecule has 0 aromatic heterocycles. The Bertz CT molecular complexity index is 2800. The van der Waals surface area contributed by atoms with Crippen LogP contribution in [0.4, 0.5) is 34.1 Å². The number of nitrogens with zero attached hydrogens (tertiary/aromatic N) is 2. The molecule has 0 atom stereocenters. The zero-order chi connectivity index (χ0) is 41.8. The summed E-state index contributed by atoms with van der Waals surface area (Å²) in [6, 6.07) is 72.2. The van der Waals surface area contributed by atoms with Gasteiger partial charge < -0.3 is 9.80 Å². The highest BCUT2D eigenvalue weighted by Crippen LogP contribution is 2.53. The van der Waals surface area contributed by atoms with Gasteiger partial charge in [-0.25, -0.2) is 0 Å². The van der Waals surface area contributed by atoms with Crippen LogP contribution in [0, 0.1) is 11.3 Å². The minimum absolute atomic E-state index is 0.0744. The van der Waals surface area contributed by atoms with Gasteiger partial charge in [0.1, 0.15) is 0 Å². The number of hydrogen-bond acceptors (Lipinski definition) is 2. The Morgan fingerprint density at radius 2 is 0.934 bits per heavy atom. The zero-order valence-electron chi connectivity index (χ0n) is 36.3. The molecule has 0 bridgehead atoms. The van der Waals surface area contributed by atoms with Gasteiger partial charge in [-0.1, -0.05) is 162 Å². The summed E-state index contributed by atoms with van der Waals surface area (Å²) in [6.07, 6.45) is 4.68. The lowest BCUT2D eigenvalue weighted by molar-refractivity contribution is 0.146. The summed E-state index contributed by atoms with van der Waals surface area (Å²) >= 11 is 0. The number of hydrogen-bond donors (Lipinski definition) is 0. The van der Waals surface area contributed by atoms with Crippen LogP contribution in [0.5, 0.6) is 0 Å². The van der Waals surface area contributed by atoms with Crippen LogP contribution in [0.25, 0.3) is 21.9 Å². The monoisotopic (exact) mass is 792 g/mol. The van der Waals surface area contributed by atoms with E-state index in [1.54, 1.807) is 0 Å². The standard InChI is InChI=1S/C59H56N2/c1-57(2,3)43-37-39-59(40-38-43,45-29-33-49(34-30-45)61(47-21-10-7-11-22-47)56-26-16-18-42-17-12-13-23-51(42)56)44-27-31-48(32-28-44)60(46-19-8-6-9-20-46)50-35-36-53-52-24-14-15-25-54(52)58(4,5)55(53)41-50/h6-36,41,43H,37-40H2,1-5H3. The first-order valence-corrected chi connectivity index (χ1v) is 22.3. The lowest BCUT2D eigenvalue weighted by Crippen LogP contribution is -2.36. The van der Waals surface area contributed by atoms with Crippen molar-refractivity contribution >= 4 is 44.9 Å². The van der Waals surface area contributed by atoms with E-state index >= 15 is 0 Å². The minimum Gasteiger partial charge on any atom is -0.310 e. The fourth-order valence-electron chi connectivity index (χ4n) is 10.8. The van der Waals surface area contributed by atoms with Crippen molar-refractivity contribution in [3.63, 3.8) is 0 Å². The first kappa shape index (κ1) is 38.8. The predicted octanol–water partition coefficient (Wildman–Crippen LogP) is 16.6. The van der Waals surface area contributed by atoms with Gasteiger partial charge >= 0.3 is 0 Å². The van der Waals surface area contributed by atoms with Crippen LogP contribution in [-0.2, 0) is 10.8 Å². The summed E-state index contributed by atoms with van der Waals surface area (Å²) in [5, 5.41) is 2.49. The Morgan fingerprint density at radius 1 is 0.443 bits per heavy atom. The molecule has 0 saturated heterocycles. The molecule has 2 aliphatic rings. The van der Waals surface area contributed by atoms with Gasteiger partial charge in [-0.3, -0.25) is 0 Å². The molecule has 0 heterocycles. The number of benzene rings is 8. The molecular weight excluding hydrogens is 737 g/mol. The minimum atomic E-state index is -0.0865. The SMILES string of the molecule is CC1(C)c2ccccc2-c2ccc(N(c3ccccc3)c3ccc(C4(c5ccc(N(c6ccccc6)c6cccc7ccccc67)cc5)CCC(C(C)(C)C)CC4)cc3)cc21. The van der Waals surface area contributed by atoms with Crippen LogP contribution in [0.2, 0.25) is 0 Å². The van der Waals surface area contributed by atoms with E-state index in [1.807, 2.05) is 0 Å². The molecule has 0 amide bonds. The zero-order valence-corrected chi connectivity index (χ0v) is 36.3. The molecule has 61 heavy (non-hydrogen) atoms. The van der Waals surface area contributed by atoms with Crippen molar-refractivity contribution in [3.8, 4) is 11.1 Å². The van der Waals surface area contributed by atoms with E-state index in [4.69, 9.17) is 0 Å². The van der Waals surface area contributed by atoms with Gasteiger partial charge in [0.15, 0.2) is 0 Å². The highest BCUT2D eigenvalue weighted by molar-refractivity contribution is 5.99. The van der Waals surface area contributed by atoms with Crippen molar-refractivity contribution in [1.82, 2.24) is 0 Å². The van der Waals surface area contributed by atoms with Crippen LogP contribution in [0.3, 0.4) is 0 Å². The lowest BCUT2D eigenvalue weighted by Gasteiger charge is -2.45. The third kappa shape index (κ3) is 6.83. The molecule has 0 radical (unpaired) electrons. The molecule has 0 N–H and O–H groups in total. The van der Waals surface area contributed by atoms with Gasteiger partial charge in [-0.15, -0.1) is 0 Å². The maximum absolute atomic E-state index is 2.44. The average molecular weight is 793 g/mol. The van der Waals surface area contributed by atoms with Crippen LogP contribution in [0.1, 0.15) is 82.6 Å². The van der Waals surface area contributed by atoms with Crippen molar-refractivity contribution in [2.45, 2.75) is 71.1 Å². The molecule has 0 aliphatic heterocycles. The van der Waals surface area contributed by atoms with Crippen molar-refractivity contribution < 1.29 is 0 Å². The van der Waals surface area contributed by atoms with Gasteiger partial charge in [0, 0.05) is 44.7 Å². The van der Waals surface area contributed by atoms with Crippen molar-refractivity contribution in [3.05, 3.63) is 216 Å². The topological polar surface area (TPSA) is 6.48 Å². The summed E-state index contributed by atoms with van der Waals surface area (Å²) in [5.74, 6) is 0.697. The highest BCUT2D eigenvalue weighted by Gasteiger charge is 2.41. The second-order valence-electron chi connectivity index (χ2n) is 19.1. The molecule has 8 aromatic carbocycles. The molecule has 2 nitrogen and oxygen atoms in total. The molecule has 1 saturated carbocycles. The molecule has 2 heteroatoms. The number of para-hydroxylation sites is 2. The summed E-state index contributed by atoms with van der Waals surface area (Å²) in [6.45, 7) is 12.0. The van der Waals surface area contributed by atoms with E-state index in [1.165, 1.54) is 79.7 Å². The lowest BCUT2D eigenvalue weighted by atomic mass is 9.59. The Morgan fingerprint density at radius 3 is 1.57 bits per heavy atom. The maximum Gasteiger partial charge on any atom is 0.0540 e. The van der Waals surface area contributed by atoms with Gasteiger partial charge in [0.2, 0.25) is 0 Å². The van der Waals surface area contributed by atoms with E-state index in [2.05, 4.69) is 239 Å². The second-order valence-corrected chi connectivity index (χ2v) is 19.1. The normalized spacial score (nSPS) is 18.0. The smallest absolute Gasteiger partial charge is 0.0540 e. The summed E-state index contributed by atoms with van der Waals surface area (Å²) in [4.78, 5) is 4.85. The molecule has 10 rings (SSSR count). The maximum atomic E-state index is 2.44. The Hall–Kier alpha value is -6.38. The predicted molar refractivity (Wildman–Crippen MR) is 260 cm³/mol. The van der Waals surface area contributed by atoms with Crippen molar-refractivity contribution in [2.75, 3.05) is 9.80 Å². The average Bonchev–Trinajstić information content (AvgIpc) is 3.53. The molecule has 0 spiro atoms. The molecule has 302 valence electrons. The molecule has 2 aliphatic carbocycles. The van der Waals surface area contributed by atoms with Gasteiger partial charge in [0.05, 0.1) is 5.69 Å². The highest BCUT2D eigenvalue weighted by atomic mass is 15.1. The third-order valence-corrected chi connectivity index (χ3v) is 14.3. The van der Waals surface area contributed by atoms with Gasteiger partial charge in [-0.05, 0) is 143 Å². The van der Waals surface area contributed by atoms with Gasteiger partial charge in [0.25, 0.3) is 0 Å². The Labute approximate surface area is 363 Å². The van der Waals surface area contributed by atoms with Crippen LogP contribution in [-0.4, -0.2) is 0 Å². The number of anilines is 6. The summed E-state index contributed by atoms with van der Waals surface area (Å²) < 4.78 is 0. The number of rotatable bonds is 8. The first-order valence-electron chi connectivity index (χ1n) is 22.3. The first-order chi connectivity index (χ1) is 29.6. The van der Waals surface area contributed by atoms with Crippen LogP contribution in [0.15, 0.2) is 194 Å². The van der Waals surface area contributed by atoms with Crippen LogP contribution >= 0.6 is 0 Å². The van der Waals surface area contributed by atoms with E-state index in [0.29, 0.717) is 5.92 Å². The third-order valence-electron chi connectivity index (χ3n) is 14.3. The van der Waals surface area contributed by atoms with E-state index < -0.39 is 0 Å². The quantitative estimate of drug-likeness (QED) is 0.151. The molecule has 1 fully saturated rings. The molecular formula is C59H56N2. The van der Waals surface area contributed by atoms with E-state index in [0.717, 1.165) is 24.2 Å². The van der Waals surface area contributed by atoms with Gasteiger partial charge in [-0.2, -0.15) is 0 Å². The number of fused-ring (bicyclic) bond motifs is 4. The summed E-state index contributed by atoms with van der Waals surface area (Å²) in [7, 11) is 0. The largest absolute Gasteiger partial charge is 0.310 e. The Balaban J connectivity index is 1.05. The van der Waals surface area contributed by atoms with E-state index in [9.17, 15) is 0 Å². The van der Waals surface area contributed by atoms with Crippen molar-refractivity contribution in [1.29, 1.82) is 0 Å². The second kappa shape index (κ2) is 15.3. The van der Waals surface area contributed by atoms with Crippen molar-refractivity contribution in [2.24, 2.45) is 11.3 Å². The fourth-order valence-corrected chi connectivity index (χ4v) is 10.8. The Kier molecular flexibility index (Phi) is 9.71.